The average Bonchev–Trinajstić information content (AvgIpc) is 3.15. The van der Waals surface area contributed by atoms with Crippen molar-refractivity contribution in [3.63, 3.8) is 0 Å². The van der Waals surface area contributed by atoms with Gasteiger partial charge in [0.25, 0.3) is 0 Å². The maximum absolute atomic E-state index is 3.65. The van der Waals surface area contributed by atoms with E-state index in [0.29, 0.717) is 0 Å². The SMILES string of the molecule is c1cc2ccc3cc(Nc4ccc5c(c4)sc4ccccc45)cc4ccc(c1)c2c34. The van der Waals surface area contributed by atoms with Gasteiger partial charge in [-0.3, -0.25) is 0 Å². The first-order valence-corrected chi connectivity index (χ1v) is 11.0. The molecule has 0 aliphatic rings. The molecule has 0 aliphatic heterocycles. The molecule has 1 heterocycles. The van der Waals surface area contributed by atoms with E-state index in [9.17, 15) is 0 Å². The van der Waals surface area contributed by atoms with Crippen molar-refractivity contribution < 1.29 is 0 Å². The summed E-state index contributed by atoms with van der Waals surface area (Å²) in [7, 11) is 0. The van der Waals surface area contributed by atoms with Crippen molar-refractivity contribution in [3.8, 4) is 0 Å². The lowest BCUT2D eigenvalue weighted by atomic mass is 9.94. The minimum Gasteiger partial charge on any atom is -0.355 e. The number of thiophene rings is 1. The Morgan fingerprint density at radius 1 is 0.467 bits per heavy atom. The summed E-state index contributed by atoms with van der Waals surface area (Å²) in [5, 5.41) is 14.2. The van der Waals surface area contributed by atoms with Crippen molar-refractivity contribution in [2.45, 2.75) is 0 Å². The van der Waals surface area contributed by atoms with Gasteiger partial charge in [0.1, 0.15) is 0 Å². The Bertz CT molecular complexity index is 1660. The van der Waals surface area contributed by atoms with E-state index in [0.717, 1.165) is 11.4 Å². The normalized spacial score (nSPS) is 12.0. The maximum Gasteiger partial charge on any atom is 0.0398 e. The van der Waals surface area contributed by atoms with Crippen LogP contribution in [-0.2, 0) is 0 Å². The second-order valence-corrected chi connectivity index (χ2v) is 9.03. The minimum absolute atomic E-state index is 1.13. The summed E-state index contributed by atoms with van der Waals surface area (Å²) in [5.41, 5.74) is 2.25. The van der Waals surface area contributed by atoms with Crippen LogP contribution in [0.25, 0.3) is 52.5 Å². The van der Waals surface area contributed by atoms with E-state index >= 15 is 0 Å². The van der Waals surface area contributed by atoms with Crippen molar-refractivity contribution in [1.82, 2.24) is 0 Å². The Hall–Kier alpha value is -3.62. The van der Waals surface area contributed by atoms with Crippen molar-refractivity contribution in [2.24, 2.45) is 0 Å². The molecule has 7 aromatic rings. The monoisotopic (exact) mass is 399 g/mol. The molecule has 0 aliphatic carbocycles. The Kier molecular flexibility index (Phi) is 3.21. The summed E-state index contributed by atoms with van der Waals surface area (Å²) in [6.07, 6.45) is 0. The molecule has 0 bridgehead atoms. The molecule has 1 aromatic heterocycles. The molecule has 0 fully saturated rings. The molecule has 0 radical (unpaired) electrons. The molecule has 0 saturated carbocycles. The molecule has 0 atom stereocenters. The number of rotatable bonds is 2. The zero-order valence-corrected chi connectivity index (χ0v) is 17.0. The second kappa shape index (κ2) is 5.94. The van der Waals surface area contributed by atoms with Crippen molar-refractivity contribution in [1.29, 1.82) is 0 Å². The third kappa shape index (κ3) is 2.28. The summed E-state index contributed by atoms with van der Waals surface area (Å²) >= 11 is 1.85. The lowest BCUT2D eigenvalue weighted by Gasteiger charge is -2.13. The number of fused-ring (bicyclic) bond motifs is 3. The summed E-state index contributed by atoms with van der Waals surface area (Å²) in [4.78, 5) is 0. The van der Waals surface area contributed by atoms with Gasteiger partial charge in [-0.2, -0.15) is 0 Å². The highest BCUT2D eigenvalue weighted by molar-refractivity contribution is 7.25. The summed E-state index contributed by atoms with van der Waals surface area (Å²) < 4.78 is 2.66. The molecule has 140 valence electrons. The number of hydrogen-bond acceptors (Lipinski definition) is 2. The molecule has 7 rings (SSSR count). The van der Waals surface area contributed by atoms with Crippen LogP contribution in [0, 0.1) is 0 Å². The van der Waals surface area contributed by atoms with Crippen molar-refractivity contribution in [2.75, 3.05) is 5.32 Å². The summed E-state index contributed by atoms with van der Waals surface area (Å²) in [6.45, 7) is 0. The number of anilines is 2. The fourth-order valence-electron chi connectivity index (χ4n) is 4.80. The van der Waals surface area contributed by atoms with Crippen LogP contribution in [-0.4, -0.2) is 0 Å². The van der Waals surface area contributed by atoms with Crippen LogP contribution >= 0.6 is 11.3 Å². The molecule has 1 nitrogen and oxygen atoms in total. The van der Waals surface area contributed by atoms with Crippen LogP contribution in [0.1, 0.15) is 0 Å². The van der Waals surface area contributed by atoms with Gasteiger partial charge < -0.3 is 5.32 Å². The highest BCUT2D eigenvalue weighted by atomic mass is 32.1. The first kappa shape index (κ1) is 16.2. The van der Waals surface area contributed by atoms with Crippen LogP contribution in [0.4, 0.5) is 11.4 Å². The van der Waals surface area contributed by atoms with Gasteiger partial charge in [-0.25, -0.2) is 0 Å². The van der Waals surface area contributed by atoms with E-state index in [1.54, 1.807) is 0 Å². The Morgan fingerprint density at radius 2 is 1.13 bits per heavy atom. The fraction of sp³-hybridized carbons (Fsp3) is 0. The van der Waals surface area contributed by atoms with E-state index in [1.807, 2.05) is 11.3 Å². The highest BCUT2D eigenvalue weighted by Gasteiger charge is 2.10. The lowest BCUT2D eigenvalue weighted by molar-refractivity contribution is 1.61. The number of benzene rings is 6. The van der Waals surface area contributed by atoms with E-state index in [-0.39, 0.29) is 0 Å². The minimum atomic E-state index is 1.13. The first-order valence-electron chi connectivity index (χ1n) is 10.2. The number of hydrogen-bond donors (Lipinski definition) is 1. The Balaban J connectivity index is 1.38. The van der Waals surface area contributed by atoms with E-state index < -0.39 is 0 Å². The molecule has 30 heavy (non-hydrogen) atoms. The van der Waals surface area contributed by atoms with Crippen LogP contribution in [0.2, 0.25) is 0 Å². The molecular weight excluding hydrogens is 382 g/mol. The largest absolute Gasteiger partial charge is 0.355 e. The second-order valence-electron chi connectivity index (χ2n) is 7.94. The van der Waals surface area contributed by atoms with Gasteiger partial charge in [0.05, 0.1) is 0 Å². The van der Waals surface area contributed by atoms with E-state index in [1.165, 1.54) is 52.5 Å². The van der Waals surface area contributed by atoms with E-state index in [4.69, 9.17) is 0 Å². The molecule has 0 unspecified atom stereocenters. The van der Waals surface area contributed by atoms with E-state index in [2.05, 4.69) is 102 Å². The lowest BCUT2D eigenvalue weighted by Crippen LogP contribution is -1.91. The van der Waals surface area contributed by atoms with Crippen molar-refractivity contribution >= 4 is 75.2 Å². The molecule has 6 aromatic carbocycles. The fourth-order valence-corrected chi connectivity index (χ4v) is 5.94. The Labute approximate surface area is 177 Å². The number of nitrogens with one attached hydrogen (secondary N) is 1. The Morgan fingerprint density at radius 3 is 1.93 bits per heavy atom. The highest BCUT2D eigenvalue weighted by Crippen LogP contribution is 2.38. The maximum atomic E-state index is 3.65. The van der Waals surface area contributed by atoms with Gasteiger partial charge in [-0.05, 0) is 62.6 Å². The summed E-state index contributed by atoms with van der Waals surface area (Å²) in [6, 6.07) is 35.4. The third-order valence-corrected chi connectivity index (χ3v) is 7.26. The zero-order valence-electron chi connectivity index (χ0n) is 16.1. The molecule has 0 amide bonds. The molecule has 0 saturated heterocycles. The quantitative estimate of drug-likeness (QED) is 0.287. The van der Waals surface area contributed by atoms with Gasteiger partial charge in [0, 0.05) is 31.5 Å². The predicted molar refractivity (Wildman–Crippen MR) is 133 cm³/mol. The first-order chi connectivity index (χ1) is 14.8. The van der Waals surface area contributed by atoms with Crippen LogP contribution in [0.3, 0.4) is 0 Å². The molecular formula is C28H17NS. The van der Waals surface area contributed by atoms with Gasteiger partial charge in [0.15, 0.2) is 0 Å². The smallest absolute Gasteiger partial charge is 0.0398 e. The van der Waals surface area contributed by atoms with Gasteiger partial charge >= 0.3 is 0 Å². The molecule has 2 heteroatoms. The van der Waals surface area contributed by atoms with Crippen molar-refractivity contribution in [3.05, 3.63) is 97.1 Å². The average molecular weight is 400 g/mol. The van der Waals surface area contributed by atoms with Crippen LogP contribution in [0.5, 0.6) is 0 Å². The standard InChI is InChI=1S/C28H17NS/c1-2-7-25-23(6-1)24-13-12-21(16-26(24)30-25)29-22-14-19-10-8-17-4-3-5-18-9-11-20(15-22)28(19)27(17)18/h1-16,29H. The van der Waals surface area contributed by atoms with Crippen LogP contribution in [0.15, 0.2) is 97.1 Å². The van der Waals surface area contributed by atoms with Gasteiger partial charge in [0.2, 0.25) is 0 Å². The molecule has 1 N–H and O–H groups in total. The topological polar surface area (TPSA) is 12.0 Å². The summed E-state index contributed by atoms with van der Waals surface area (Å²) in [5.74, 6) is 0. The third-order valence-electron chi connectivity index (χ3n) is 6.13. The van der Waals surface area contributed by atoms with Gasteiger partial charge in [-0.15, -0.1) is 11.3 Å². The zero-order chi connectivity index (χ0) is 19.7. The van der Waals surface area contributed by atoms with Crippen LogP contribution < -0.4 is 5.32 Å². The molecule has 0 spiro atoms. The predicted octanol–water partition coefficient (Wildman–Crippen LogP) is 8.70. The van der Waals surface area contributed by atoms with Gasteiger partial charge in [-0.1, -0.05) is 66.7 Å².